The summed E-state index contributed by atoms with van der Waals surface area (Å²) < 4.78 is 0. The summed E-state index contributed by atoms with van der Waals surface area (Å²) in [5, 5.41) is 8.26. The number of benzene rings is 1. The molecule has 0 unspecified atom stereocenters. The maximum Gasteiger partial charge on any atom is 0.0946 e. The highest BCUT2D eigenvalue weighted by Crippen LogP contribution is 2.22. The number of anilines is 1. The van der Waals surface area contributed by atoms with Gasteiger partial charge in [0.2, 0.25) is 0 Å². The van der Waals surface area contributed by atoms with Gasteiger partial charge in [-0.1, -0.05) is 0 Å². The molecule has 0 radical (unpaired) electrons. The molecule has 0 aliphatic rings. The van der Waals surface area contributed by atoms with Crippen LogP contribution in [0.5, 0.6) is 0 Å². The van der Waals surface area contributed by atoms with E-state index in [0.29, 0.717) is 0 Å². The first-order chi connectivity index (χ1) is 5.68. The second kappa shape index (κ2) is 2.24. The van der Waals surface area contributed by atoms with Crippen LogP contribution < -0.4 is 5.73 Å². The summed E-state index contributed by atoms with van der Waals surface area (Å²) in [5.41, 5.74) is 9.68. The number of aromatic nitrogens is 2. The number of rotatable bonds is 0. The van der Waals surface area contributed by atoms with Gasteiger partial charge < -0.3 is 5.73 Å². The van der Waals surface area contributed by atoms with E-state index in [9.17, 15) is 0 Å². The van der Waals surface area contributed by atoms with Gasteiger partial charge in [0, 0.05) is 16.8 Å². The van der Waals surface area contributed by atoms with E-state index in [-0.39, 0.29) is 0 Å². The fourth-order valence-corrected chi connectivity index (χ4v) is 1.57. The second-order valence-corrected chi connectivity index (χ2v) is 3.08. The number of aromatic amines is 1. The Hall–Kier alpha value is -1.51. The highest BCUT2D eigenvalue weighted by Gasteiger charge is 2.04. The summed E-state index contributed by atoms with van der Waals surface area (Å²) in [6.07, 6.45) is 0. The highest BCUT2D eigenvalue weighted by atomic mass is 15.1. The van der Waals surface area contributed by atoms with Crippen LogP contribution in [0.15, 0.2) is 12.1 Å². The third-order valence-corrected chi connectivity index (χ3v) is 2.06. The lowest BCUT2D eigenvalue weighted by Crippen LogP contribution is -1.86. The Labute approximate surface area is 70.6 Å². The Morgan fingerprint density at radius 1 is 1.33 bits per heavy atom. The monoisotopic (exact) mass is 161 g/mol. The topological polar surface area (TPSA) is 54.7 Å². The van der Waals surface area contributed by atoms with E-state index in [1.165, 1.54) is 10.9 Å². The van der Waals surface area contributed by atoms with E-state index >= 15 is 0 Å². The lowest BCUT2D eigenvalue weighted by atomic mass is 10.1. The number of nitrogen functional groups attached to an aromatic ring is 1. The van der Waals surface area contributed by atoms with Crippen LogP contribution in [-0.2, 0) is 0 Å². The molecule has 3 N–H and O–H groups in total. The van der Waals surface area contributed by atoms with Crippen LogP contribution in [0.1, 0.15) is 11.3 Å². The van der Waals surface area contributed by atoms with E-state index in [0.717, 1.165) is 16.9 Å². The Bertz CT molecular complexity index is 429. The summed E-state index contributed by atoms with van der Waals surface area (Å²) in [7, 11) is 0. The van der Waals surface area contributed by atoms with E-state index < -0.39 is 0 Å². The number of H-pyrrole nitrogens is 1. The SMILES string of the molecule is Cc1cc(N)cc2n[nH]c(C)c12. The van der Waals surface area contributed by atoms with Gasteiger partial charge in [0.1, 0.15) is 0 Å². The van der Waals surface area contributed by atoms with Gasteiger partial charge in [-0.05, 0) is 31.5 Å². The lowest BCUT2D eigenvalue weighted by molar-refractivity contribution is 1.07. The van der Waals surface area contributed by atoms with E-state index in [4.69, 9.17) is 5.73 Å². The van der Waals surface area contributed by atoms with Crippen molar-refractivity contribution in [1.82, 2.24) is 10.2 Å². The fourth-order valence-electron chi connectivity index (χ4n) is 1.57. The van der Waals surface area contributed by atoms with Crippen molar-refractivity contribution in [2.45, 2.75) is 13.8 Å². The smallest absolute Gasteiger partial charge is 0.0946 e. The summed E-state index contributed by atoms with van der Waals surface area (Å²) >= 11 is 0. The molecule has 3 nitrogen and oxygen atoms in total. The minimum atomic E-state index is 0.770. The van der Waals surface area contributed by atoms with Crippen molar-refractivity contribution in [3.8, 4) is 0 Å². The van der Waals surface area contributed by atoms with Gasteiger partial charge in [-0.3, -0.25) is 5.10 Å². The highest BCUT2D eigenvalue weighted by molar-refractivity contribution is 5.87. The van der Waals surface area contributed by atoms with Crippen molar-refractivity contribution in [3.63, 3.8) is 0 Å². The zero-order valence-electron chi connectivity index (χ0n) is 7.18. The van der Waals surface area contributed by atoms with Crippen molar-refractivity contribution >= 4 is 16.6 Å². The first kappa shape index (κ1) is 7.16. The van der Waals surface area contributed by atoms with Crippen molar-refractivity contribution in [3.05, 3.63) is 23.4 Å². The third-order valence-electron chi connectivity index (χ3n) is 2.06. The van der Waals surface area contributed by atoms with Gasteiger partial charge in [0.05, 0.1) is 5.52 Å². The number of hydrogen-bond acceptors (Lipinski definition) is 2. The average molecular weight is 161 g/mol. The molecule has 0 spiro atoms. The van der Waals surface area contributed by atoms with Crippen LogP contribution in [0.4, 0.5) is 5.69 Å². The lowest BCUT2D eigenvalue weighted by Gasteiger charge is -1.98. The molecule has 0 aliphatic carbocycles. The molecule has 12 heavy (non-hydrogen) atoms. The standard InChI is InChI=1S/C9H11N3/c1-5-3-7(10)4-8-9(5)6(2)11-12-8/h3-4H,10H2,1-2H3,(H,11,12). The van der Waals surface area contributed by atoms with Gasteiger partial charge in [-0.2, -0.15) is 5.10 Å². The number of nitrogens with two attached hydrogens (primary N) is 1. The molecular formula is C9H11N3. The number of nitrogens with zero attached hydrogens (tertiary/aromatic N) is 1. The maximum atomic E-state index is 5.68. The molecule has 0 aliphatic heterocycles. The van der Waals surface area contributed by atoms with Crippen molar-refractivity contribution in [1.29, 1.82) is 0 Å². The van der Waals surface area contributed by atoms with Gasteiger partial charge in [-0.25, -0.2) is 0 Å². The first-order valence-electron chi connectivity index (χ1n) is 3.89. The maximum absolute atomic E-state index is 5.68. The zero-order valence-corrected chi connectivity index (χ0v) is 7.18. The summed E-state index contributed by atoms with van der Waals surface area (Å²) in [6, 6.07) is 3.84. The minimum absolute atomic E-state index is 0.770. The summed E-state index contributed by atoms with van der Waals surface area (Å²) in [6.45, 7) is 4.06. The minimum Gasteiger partial charge on any atom is -0.399 e. The number of hydrogen-bond donors (Lipinski definition) is 2. The van der Waals surface area contributed by atoms with Crippen LogP contribution in [0.2, 0.25) is 0 Å². The summed E-state index contributed by atoms with van der Waals surface area (Å²) in [5.74, 6) is 0. The molecule has 0 atom stereocenters. The molecule has 0 saturated carbocycles. The number of aryl methyl sites for hydroxylation is 2. The van der Waals surface area contributed by atoms with Gasteiger partial charge >= 0.3 is 0 Å². The third kappa shape index (κ3) is 0.863. The zero-order chi connectivity index (χ0) is 8.72. The average Bonchev–Trinajstić information content (AvgIpc) is 2.31. The number of fused-ring (bicyclic) bond motifs is 1. The van der Waals surface area contributed by atoms with E-state index in [1.807, 2.05) is 26.0 Å². The molecule has 2 aromatic rings. The van der Waals surface area contributed by atoms with Crippen LogP contribution in [-0.4, -0.2) is 10.2 Å². The Morgan fingerprint density at radius 2 is 2.08 bits per heavy atom. The predicted molar refractivity (Wildman–Crippen MR) is 50.0 cm³/mol. The Morgan fingerprint density at radius 3 is 2.83 bits per heavy atom. The Kier molecular flexibility index (Phi) is 1.33. The molecule has 0 amide bonds. The Balaban J connectivity index is 2.93. The number of nitrogens with one attached hydrogen (secondary N) is 1. The van der Waals surface area contributed by atoms with E-state index in [1.54, 1.807) is 0 Å². The second-order valence-electron chi connectivity index (χ2n) is 3.08. The molecular weight excluding hydrogens is 150 g/mol. The normalized spacial score (nSPS) is 10.8. The van der Waals surface area contributed by atoms with Gasteiger partial charge in [-0.15, -0.1) is 0 Å². The molecule has 2 rings (SSSR count). The molecule has 1 aromatic heterocycles. The van der Waals surface area contributed by atoms with Crippen LogP contribution in [0.25, 0.3) is 10.9 Å². The van der Waals surface area contributed by atoms with Crippen molar-refractivity contribution in [2.24, 2.45) is 0 Å². The molecule has 3 heteroatoms. The fraction of sp³-hybridized carbons (Fsp3) is 0.222. The van der Waals surface area contributed by atoms with Crippen LogP contribution in [0.3, 0.4) is 0 Å². The van der Waals surface area contributed by atoms with Gasteiger partial charge in [0.15, 0.2) is 0 Å². The predicted octanol–water partition coefficient (Wildman–Crippen LogP) is 1.76. The molecule has 0 bridgehead atoms. The van der Waals surface area contributed by atoms with Crippen LogP contribution in [0, 0.1) is 13.8 Å². The molecule has 62 valence electrons. The van der Waals surface area contributed by atoms with Crippen LogP contribution >= 0.6 is 0 Å². The molecule has 1 heterocycles. The largest absolute Gasteiger partial charge is 0.399 e. The quantitative estimate of drug-likeness (QED) is 0.578. The molecule has 0 fully saturated rings. The summed E-state index contributed by atoms with van der Waals surface area (Å²) in [4.78, 5) is 0. The van der Waals surface area contributed by atoms with E-state index in [2.05, 4.69) is 10.2 Å². The molecule has 0 saturated heterocycles. The molecule has 1 aromatic carbocycles. The first-order valence-corrected chi connectivity index (χ1v) is 3.89. The van der Waals surface area contributed by atoms with Crippen molar-refractivity contribution in [2.75, 3.05) is 5.73 Å². The van der Waals surface area contributed by atoms with Gasteiger partial charge in [0.25, 0.3) is 0 Å². The van der Waals surface area contributed by atoms with Crippen molar-refractivity contribution < 1.29 is 0 Å².